The van der Waals surface area contributed by atoms with E-state index in [1.165, 1.54) is 0 Å². The quantitative estimate of drug-likeness (QED) is 0.590. The summed E-state index contributed by atoms with van der Waals surface area (Å²) in [6.45, 7) is 2.05. The molecule has 0 rings (SSSR count). The number of halogens is 1. The van der Waals surface area contributed by atoms with E-state index in [0.29, 0.717) is 0 Å². The summed E-state index contributed by atoms with van der Waals surface area (Å²) >= 11 is 0. The fourth-order valence-corrected chi connectivity index (χ4v) is 5.77. The molecule has 12 heavy (non-hydrogen) atoms. The zero-order valence-electron chi connectivity index (χ0n) is 8.18. The third kappa shape index (κ3) is 5.87. The molecule has 1 atom stereocenters. The normalized spacial score (nSPS) is 13.8. The second-order valence-electron chi connectivity index (χ2n) is 3.06. The Labute approximate surface area is 77.5 Å². The summed E-state index contributed by atoms with van der Waals surface area (Å²) in [4.78, 5) is 0. The largest absolute Gasteiger partial charge is 0.400 e. The van der Waals surface area contributed by atoms with Crippen LogP contribution in [0.2, 0.25) is 24.7 Å². The third-order valence-corrected chi connectivity index (χ3v) is 7.07. The van der Waals surface area contributed by atoms with Crippen molar-refractivity contribution in [1.82, 2.24) is 0 Å². The lowest BCUT2D eigenvalue weighted by atomic mass is 10.9. The molecule has 0 N–H and O–H groups in total. The molecule has 5 heteroatoms. The van der Waals surface area contributed by atoms with Crippen LogP contribution in [0.5, 0.6) is 0 Å². The summed E-state index contributed by atoms with van der Waals surface area (Å²) < 4.78 is 22.3. The van der Waals surface area contributed by atoms with Crippen LogP contribution in [-0.4, -0.2) is 39.0 Å². The van der Waals surface area contributed by atoms with Crippen molar-refractivity contribution in [2.24, 2.45) is 0 Å². The van der Waals surface area contributed by atoms with E-state index in [-0.39, 0.29) is 6.67 Å². The Balaban J connectivity index is 3.37. The first-order valence-electron chi connectivity index (χ1n) is 4.36. The van der Waals surface area contributed by atoms with Crippen LogP contribution in [0.15, 0.2) is 0 Å². The van der Waals surface area contributed by atoms with Gasteiger partial charge in [0.1, 0.15) is 0 Å². The second-order valence-corrected chi connectivity index (χ2v) is 8.81. The van der Waals surface area contributed by atoms with Crippen molar-refractivity contribution in [1.29, 1.82) is 0 Å². The lowest BCUT2D eigenvalue weighted by Crippen LogP contribution is -2.21. The van der Waals surface area contributed by atoms with Crippen molar-refractivity contribution >= 4 is 18.1 Å². The minimum absolute atomic E-state index is 0.153. The van der Waals surface area contributed by atoms with Crippen molar-refractivity contribution in [2.75, 3.05) is 20.9 Å². The van der Waals surface area contributed by atoms with Gasteiger partial charge in [-0.15, -0.1) is 0 Å². The van der Waals surface area contributed by atoms with E-state index < -0.39 is 18.1 Å². The molecule has 2 nitrogen and oxygen atoms in total. The van der Waals surface area contributed by atoms with Gasteiger partial charge in [0.05, 0.1) is 6.67 Å². The zero-order chi connectivity index (χ0) is 9.40. The van der Waals surface area contributed by atoms with Crippen LogP contribution >= 0.6 is 0 Å². The van der Waals surface area contributed by atoms with Gasteiger partial charge in [0, 0.05) is 23.0 Å². The zero-order valence-corrected chi connectivity index (χ0v) is 10.5. The van der Waals surface area contributed by atoms with Gasteiger partial charge >= 0.3 is 9.28 Å². The number of alkyl halides is 1. The molecule has 0 aliphatic heterocycles. The SMILES string of the molecule is CO[SiH](CC[SiH](C)CCF)OC. The van der Waals surface area contributed by atoms with Crippen LogP contribution in [0.25, 0.3) is 0 Å². The Morgan fingerprint density at radius 2 is 1.67 bits per heavy atom. The van der Waals surface area contributed by atoms with Gasteiger partial charge in [0.15, 0.2) is 0 Å². The Morgan fingerprint density at radius 3 is 2.08 bits per heavy atom. The fraction of sp³-hybridized carbons (Fsp3) is 1.00. The van der Waals surface area contributed by atoms with Crippen LogP contribution in [0.4, 0.5) is 4.39 Å². The van der Waals surface area contributed by atoms with Gasteiger partial charge in [-0.05, 0) is 12.1 Å². The van der Waals surface area contributed by atoms with Gasteiger partial charge in [-0.25, -0.2) is 0 Å². The third-order valence-electron chi connectivity index (χ3n) is 2.02. The lowest BCUT2D eigenvalue weighted by Gasteiger charge is -2.12. The Bertz CT molecular complexity index is 101. The molecule has 0 radical (unpaired) electrons. The molecule has 0 saturated carbocycles. The highest BCUT2D eigenvalue weighted by atomic mass is 28.3. The van der Waals surface area contributed by atoms with Crippen molar-refractivity contribution < 1.29 is 13.2 Å². The standard InChI is InChI=1S/C7H19FO2Si2/c1-9-12(10-2)7-6-11(3)5-4-8/h11-12H,4-7H2,1-3H3. The predicted molar refractivity (Wildman–Crippen MR) is 54.6 cm³/mol. The van der Waals surface area contributed by atoms with E-state index in [1.54, 1.807) is 14.2 Å². The first-order chi connectivity index (χ1) is 5.74. The highest BCUT2D eigenvalue weighted by Crippen LogP contribution is 2.07. The van der Waals surface area contributed by atoms with E-state index in [1.807, 2.05) is 0 Å². The van der Waals surface area contributed by atoms with Crippen molar-refractivity contribution in [3.63, 3.8) is 0 Å². The molecule has 0 saturated heterocycles. The molecule has 74 valence electrons. The highest BCUT2D eigenvalue weighted by molar-refractivity contribution is 6.59. The first-order valence-corrected chi connectivity index (χ1v) is 8.90. The van der Waals surface area contributed by atoms with Crippen LogP contribution in [0.1, 0.15) is 0 Å². The Morgan fingerprint density at radius 1 is 1.08 bits per heavy atom. The van der Waals surface area contributed by atoms with Gasteiger partial charge in [0.2, 0.25) is 0 Å². The predicted octanol–water partition coefficient (Wildman–Crippen LogP) is 1.33. The van der Waals surface area contributed by atoms with E-state index in [2.05, 4.69) is 6.55 Å². The molecule has 0 bridgehead atoms. The molecule has 0 aromatic carbocycles. The Kier molecular flexibility index (Phi) is 8.10. The molecule has 0 heterocycles. The van der Waals surface area contributed by atoms with Gasteiger partial charge < -0.3 is 8.85 Å². The maximum absolute atomic E-state index is 11.9. The molecule has 0 aromatic rings. The topological polar surface area (TPSA) is 18.5 Å². The lowest BCUT2D eigenvalue weighted by molar-refractivity contribution is 0.279. The molecule has 0 aliphatic rings. The molecular formula is C7H19FO2Si2. The number of rotatable bonds is 7. The van der Waals surface area contributed by atoms with Gasteiger partial charge in [0.25, 0.3) is 0 Å². The minimum atomic E-state index is -1.36. The van der Waals surface area contributed by atoms with E-state index in [4.69, 9.17) is 8.85 Å². The summed E-state index contributed by atoms with van der Waals surface area (Å²) in [5, 5.41) is 0. The molecule has 0 aromatic heterocycles. The molecule has 0 spiro atoms. The molecule has 0 fully saturated rings. The summed E-state index contributed by atoms with van der Waals surface area (Å²) in [5.74, 6) is 0. The monoisotopic (exact) mass is 210 g/mol. The molecule has 0 amide bonds. The van der Waals surface area contributed by atoms with Gasteiger partial charge in [-0.2, -0.15) is 0 Å². The maximum atomic E-state index is 11.9. The number of hydrogen-bond acceptors (Lipinski definition) is 2. The second kappa shape index (κ2) is 7.91. The van der Waals surface area contributed by atoms with Crippen molar-refractivity contribution in [3.8, 4) is 0 Å². The highest BCUT2D eigenvalue weighted by Gasteiger charge is 2.12. The minimum Gasteiger partial charge on any atom is -0.400 e. The number of hydrogen-bond donors (Lipinski definition) is 0. The van der Waals surface area contributed by atoms with Crippen molar-refractivity contribution in [3.05, 3.63) is 0 Å². The van der Waals surface area contributed by atoms with Gasteiger partial charge in [-0.1, -0.05) is 12.6 Å². The van der Waals surface area contributed by atoms with Crippen LogP contribution in [-0.2, 0) is 8.85 Å². The summed E-state index contributed by atoms with van der Waals surface area (Å²) in [6, 6.07) is 3.00. The summed E-state index contributed by atoms with van der Waals surface area (Å²) in [7, 11) is 1.24. The van der Waals surface area contributed by atoms with E-state index in [9.17, 15) is 4.39 Å². The molecule has 1 unspecified atom stereocenters. The molecular weight excluding hydrogens is 191 g/mol. The summed E-state index contributed by atoms with van der Waals surface area (Å²) in [5.41, 5.74) is 0. The van der Waals surface area contributed by atoms with Gasteiger partial charge in [-0.3, -0.25) is 4.39 Å². The van der Waals surface area contributed by atoms with E-state index in [0.717, 1.165) is 18.1 Å². The van der Waals surface area contributed by atoms with E-state index >= 15 is 0 Å². The first kappa shape index (κ1) is 12.3. The van der Waals surface area contributed by atoms with Crippen LogP contribution in [0, 0.1) is 0 Å². The van der Waals surface area contributed by atoms with Crippen LogP contribution < -0.4 is 0 Å². The van der Waals surface area contributed by atoms with Crippen molar-refractivity contribution in [2.45, 2.75) is 24.7 Å². The van der Waals surface area contributed by atoms with Crippen LogP contribution in [0.3, 0.4) is 0 Å². The maximum Gasteiger partial charge on any atom is 0.320 e. The smallest absolute Gasteiger partial charge is 0.320 e. The summed E-state index contributed by atoms with van der Waals surface area (Å²) in [6.07, 6.45) is 0. The average molecular weight is 210 g/mol. The molecule has 0 aliphatic carbocycles. The Hall–Kier alpha value is 0.284. The average Bonchev–Trinajstić information content (AvgIpc) is 2.07. The fourth-order valence-electron chi connectivity index (χ4n) is 1.08.